The van der Waals surface area contributed by atoms with Gasteiger partial charge in [-0.15, -0.1) is 0 Å². The summed E-state index contributed by atoms with van der Waals surface area (Å²) in [6.45, 7) is 0.572. The molecule has 0 aliphatic heterocycles. The highest BCUT2D eigenvalue weighted by atomic mass is 35.5. The SMILES string of the molecule is CN(C)C(=O)Cc1ccc(NCc2ccc(Cl)o2)cc1. The molecule has 106 valence electrons. The molecule has 0 saturated carbocycles. The van der Waals surface area contributed by atoms with Crippen molar-refractivity contribution in [3.8, 4) is 0 Å². The van der Waals surface area contributed by atoms with Crippen LogP contribution in [0.15, 0.2) is 40.8 Å². The van der Waals surface area contributed by atoms with Crippen LogP contribution in [0.3, 0.4) is 0 Å². The molecule has 0 atom stereocenters. The number of likely N-dealkylation sites (N-methyl/N-ethyl adjacent to an activating group) is 1. The number of anilines is 1. The minimum atomic E-state index is 0.0935. The number of amides is 1. The lowest BCUT2D eigenvalue weighted by Gasteiger charge is -2.10. The van der Waals surface area contributed by atoms with Crippen molar-refractivity contribution in [3.05, 3.63) is 52.9 Å². The van der Waals surface area contributed by atoms with Crippen molar-refractivity contribution in [3.63, 3.8) is 0 Å². The highest BCUT2D eigenvalue weighted by molar-refractivity contribution is 6.28. The van der Waals surface area contributed by atoms with Crippen LogP contribution < -0.4 is 5.32 Å². The number of carbonyl (C=O) groups excluding carboxylic acids is 1. The molecule has 1 aromatic carbocycles. The Balaban J connectivity index is 1.89. The molecule has 0 aliphatic carbocycles. The van der Waals surface area contributed by atoms with E-state index in [2.05, 4.69) is 5.32 Å². The number of halogens is 1. The number of nitrogens with one attached hydrogen (secondary N) is 1. The van der Waals surface area contributed by atoms with Crippen LogP contribution >= 0.6 is 11.6 Å². The minimum absolute atomic E-state index is 0.0935. The van der Waals surface area contributed by atoms with Gasteiger partial charge >= 0.3 is 0 Å². The van der Waals surface area contributed by atoms with Gasteiger partial charge in [-0.1, -0.05) is 12.1 Å². The Bertz CT molecular complexity index is 576. The topological polar surface area (TPSA) is 45.5 Å². The van der Waals surface area contributed by atoms with E-state index in [1.807, 2.05) is 30.3 Å². The average molecular weight is 293 g/mol. The van der Waals surface area contributed by atoms with Crippen LogP contribution in [0, 0.1) is 0 Å². The van der Waals surface area contributed by atoms with E-state index >= 15 is 0 Å². The first kappa shape index (κ1) is 14.5. The maximum Gasteiger partial charge on any atom is 0.226 e. The normalized spacial score (nSPS) is 10.3. The summed E-state index contributed by atoms with van der Waals surface area (Å²) in [5, 5.41) is 3.62. The summed E-state index contributed by atoms with van der Waals surface area (Å²) in [5.41, 5.74) is 1.97. The highest BCUT2D eigenvalue weighted by Gasteiger charge is 2.05. The zero-order chi connectivity index (χ0) is 14.5. The summed E-state index contributed by atoms with van der Waals surface area (Å²) in [6, 6.07) is 11.3. The lowest BCUT2D eigenvalue weighted by molar-refractivity contribution is -0.127. The van der Waals surface area contributed by atoms with E-state index in [9.17, 15) is 4.79 Å². The van der Waals surface area contributed by atoms with Crippen molar-refractivity contribution in [1.29, 1.82) is 0 Å². The summed E-state index contributed by atoms with van der Waals surface area (Å²) < 4.78 is 5.26. The third kappa shape index (κ3) is 4.03. The van der Waals surface area contributed by atoms with E-state index in [0.29, 0.717) is 18.2 Å². The third-order valence-electron chi connectivity index (χ3n) is 2.90. The van der Waals surface area contributed by atoms with Crippen molar-refractivity contribution >= 4 is 23.2 Å². The number of hydrogen-bond donors (Lipinski definition) is 1. The van der Waals surface area contributed by atoms with Crippen LogP contribution in [0.1, 0.15) is 11.3 Å². The van der Waals surface area contributed by atoms with Gasteiger partial charge in [0.1, 0.15) is 5.76 Å². The van der Waals surface area contributed by atoms with E-state index in [1.54, 1.807) is 25.1 Å². The van der Waals surface area contributed by atoms with Gasteiger partial charge in [0.15, 0.2) is 5.22 Å². The predicted molar refractivity (Wildman–Crippen MR) is 79.9 cm³/mol. The fourth-order valence-corrected chi connectivity index (χ4v) is 1.87. The Hall–Kier alpha value is -1.94. The molecule has 0 unspecified atom stereocenters. The number of hydrogen-bond acceptors (Lipinski definition) is 3. The zero-order valence-electron chi connectivity index (χ0n) is 11.5. The molecule has 5 heteroatoms. The quantitative estimate of drug-likeness (QED) is 0.920. The molecule has 0 bridgehead atoms. The van der Waals surface area contributed by atoms with Crippen LogP contribution in [0.2, 0.25) is 5.22 Å². The number of rotatable bonds is 5. The van der Waals surface area contributed by atoms with Crippen molar-refractivity contribution in [1.82, 2.24) is 4.90 Å². The van der Waals surface area contributed by atoms with Crippen LogP contribution in [0.25, 0.3) is 0 Å². The predicted octanol–water partition coefficient (Wildman–Crippen LogP) is 3.18. The summed E-state index contributed by atoms with van der Waals surface area (Å²) >= 11 is 5.71. The molecular formula is C15H17ClN2O2. The molecule has 0 fully saturated rings. The maximum atomic E-state index is 11.6. The average Bonchev–Trinajstić information content (AvgIpc) is 2.83. The molecule has 0 aliphatic rings. The Morgan fingerprint density at radius 1 is 1.20 bits per heavy atom. The summed E-state index contributed by atoms with van der Waals surface area (Å²) in [5.74, 6) is 0.873. The molecule has 20 heavy (non-hydrogen) atoms. The van der Waals surface area contributed by atoms with Gasteiger partial charge in [-0.05, 0) is 41.4 Å². The largest absolute Gasteiger partial charge is 0.448 e. The van der Waals surface area contributed by atoms with E-state index in [1.165, 1.54) is 0 Å². The first-order valence-electron chi connectivity index (χ1n) is 6.32. The van der Waals surface area contributed by atoms with Gasteiger partial charge < -0.3 is 14.6 Å². The van der Waals surface area contributed by atoms with Gasteiger partial charge in [-0.2, -0.15) is 0 Å². The second kappa shape index (κ2) is 6.48. The third-order valence-corrected chi connectivity index (χ3v) is 3.11. The fraction of sp³-hybridized carbons (Fsp3) is 0.267. The van der Waals surface area contributed by atoms with Gasteiger partial charge in [0.25, 0.3) is 0 Å². The number of benzene rings is 1. The van der Waals surface area contributed by atoms with Crippen LogP contribution in [-0.4, -0.2) is 24.9 Å². The lowest BCUT2D eigenvalue weighted by Crippen LogP contribution is -2.23. The van der Waals surface area contributed by atoms with Gasteiger partial charge in [0.2, 0.25) is 5.91 Å². The fourth-order valence-electron chi connectivity index (χ4n) is 1.71. The molecule has 2 aromatic rings. The van der Waals surface area contributed by atoms with Crippen molar-refractivity contribution in [2.45, 2.75) is 13.0 Å². The van der Waals surface area contributed by atoms with E-state index in [4.69, 9.17) is 16.0 Å². The van der Waals surface area contributed by atoms with Crippen LogP contribution in [0.5, 0.6) is 0 Å². The number of furan rings is 1. The Morgan fingerprint density at radius 2 is 1.90 bits per heavy atom. The second-order valence-corrected chi connectivity index (χ2v) is 5.09. The molecular weight excluding hydrogens is 276 g/mol. The van der Waals surface area contributed by atoms with Crippen molar-refractivity contribution in [2.75, 3.05) is 19.4 Å². The van der Waals surface area contributed by atoms with Gasteiger partial charge in [0, 0.05) is 19.8 Å². The van der Waals surface area contributed by atoms with E-state index in [0.717, 1.165) is 17.0 Å². The highest BCUT2D eigenvalue weighted by Crippen LogP contribution is 2.16. The Morgan fingerprint density at radius 3 is 2.45 bits per heavy atom. The molecule has 0 saturated heterocycles. The molecule has 1 aromatic heterocycles. The van der Waals surface area contributed by atoms with Gasteiger partial charge in [-0.25, -0.2) is 0 Å². The zero-order valence-corrected chi connectivity index (χ0v) is 12.3. The van der Waals surface area contributed by atoms with Crippen LogP contribution in [0.4, 0.5) is 5.69 Å². The maximum absolute atomic E-state index is 11.6. The molecule has 0 spiro atoms. The Kier molecular flexibility index (Phi) is 4.69. The smallest absolute Gasteiger partial charge is 0.226 e. The number of carbonyl (C=O) groups is 1. The van der Waals surface area contributed by atoms with E-state index in [-0.39, 0.29) is 5.91 Å². The monoisotopic (exact) mass is 292 g/mol. The standard InChI is InChI=1S/C15H17ClN2O2/c1-18(2)15(19)9-11-3-5-12(6-4-11)17-10-13-7-8-14(16)20-13/h3-8,17H,9-10H2,1-2H3. The molecule has 1 heterocycles. The number of nitrogens with zero attached hydrogens (tertiary/aromatic N) is 1. The first-order chi connectivity index (χ1) is 9.54. The van der Waals surface area contributed by atoms with Gasteiger partial charge in [-0.3, -0.25) is 4.79 Å². The first-order valence-corrected chi connectivity index (χ1v) is 6.69. The molecule has 1 N–H and O–H groups in total. The summed E-state index contributed by atoms with van der Waals surface area (Å²) in [6.07, 6.45) is 0.418. The molecule has 2 rings (SSSR count). The van der Waals surface area contributed by atoms with Gasteiger partial charge in [0.05, 0.1) is 13.0 Å². The van der Waals surface area contributed by atoms with Crippen molar-refractivity contribution in [2.24, 2.45) is 0 Å². The van der Waals surface area contributed by atoms with E-state index < -0.39 is 0 Å². The van der Waals surface area contributed by atoms with Crippen LogP contribution in [-0.2, 0) is 17.8 Å². The van der Waals surface area contributed by atoms with Crippen molar-refractivity contribution < 1.29 is 9.21 Å². The minimum Gasteiger partial charge on any atom is -0.448 e. The summed E-state index contributed by atoms with van der Waals surface area (Å²) in [4.78, 5) is 13.2. The summed E-state index contributed by atoms with van der Waals surface area (Å²) in [7, 11) is 3.51. The molecule has 4 nitrogen and oxygen atoms in total. The molecule has 1 amide bonds. The Labute approximate surface area is 123 Å². The molecule has 0 radical (unpaired) electrons. The lowest BCUT2D eigenvalue weighted by atomic mass is 10.1. The second-order valence-electron chi connectivity index (χ2n) is 4.72.